The normalized spacial score (nSPS) is 10.8. The number of rotatable bonds is 4. The van der Waals surface area contributed by atoms with Crippen LogP contribution in [0.5, 0.6) is 0 Å². The van der Waals surface area contributed by atoms with Crippen LogP contribution in [0.4, 0.5) is 5.13 Å². The first-order chi connectivity index (χ1) is 6.13. The molecule has 1 N–H and O–H groups in total. The Morgan fingerprint density at radius 3 is 2.77 bits per heavy atom. The Bertz CT molecular complexity index is 260. The smallest absolute Gasteiger partial charge is 0.185 e. The molecule has 0 aliphatic rings. The molecule has 0 aliphatic heterocycles. The molecule has 0 fully saturated rings. The van der Waals surface area contributed by atoms with Gasteiger partial charge in [-0.15, -0.1) is 0 Å². The van der Waals surface area contributed by atoms with Crippen LogP contribution in [-0.4, -0.2) is 23.7 Å². The summed E-state index contributed by atoms with van der Waals surface area (Å²) in [6.45, 7) is 5.44. The molecular weight excluding hydrogens is 184 g/mol. The zero-order valence-electron chi connectivity index (χ0n) is 8.32. The lowest BCUT2D eigenvalue weighted by Crippen LogP contribution is -2.22. The second-order valence-electron chi connectivity index (χ2n) is 3.54. The van der Waals surface area contributed by atoms with Crippen molar-refractivity contribution in [2.75, 3.05) is 18.5 Å². The van der Waals surface area contributed by atoms with Crippen molar-refractivity contribution in [2.24, 2.45) is 5.92 Å². The molecule has 0 aliphatic carbocycles. The van der Waals surface area contributed by atoms with Crippen molar-refractivity contribution in [3.63, 3.8) is 0 Å². The third kappa shape index (κ3) is 2.97. The SMILES string of the molecule is CC(C)CN(C)c1ncc(CO)s1. The Labute approximate surface area is 83.0 Å². The summed E-state index contributed by atoms with van der Waals surface area (Å²) < 4.78 is 0. The van der Waals surface area contributed by atoms with E-state index in [1.807, 2.05) is 7.05 Å². The van der Waals surface area contributed by atoms with E-state index in [0.717, 1.165) is 16.6 Å². The van der Waals surface area contributed by atoms with Gasteiger partial charge in [-0.1, -0.05) is 25.2 Å². The molecule has 3 nitrogen and oxygen atoms in total. The maximum atomic E-state index is 8.87. The number of hydrogen-bond donors (Lipinski definition) is 1. The first kappa shape index (κ1) is 10.5. The highest BCUT2D eigenvalue weighted by atomic mass is 32.1. The van der Waals surface area contributed by atoms with Crippen molar-refractivity contribution in [1.29, 1.82) is 0 Å². The number of nitrogens with zero attached hydrogens (tertiary/aromatic N) is 2. The Morgan fingerprint density at radius 2 is 2.31 bits per heavy atom. The van der Waals surface area contributed by atoms with Gasteiger partial charge in [0, 0.05) is 19.8 Å². The van der Waals surface area contributed by atoms with Gasteiger partial charge in [0.2, 0.25) is 0 Å². The Balaban J connectivity index is 2.60. The number of aliphatic hydroxyl groups is 1. The molecule has 1 heterocycles. The molecule has 0 atom stereocenters. The van der Waals surface area contributed by atoms with Gasteiger partial charge >= 0.3 is 0 Å². The van der Waals surface area contributed by atoms with Gasteiger partial charge in [-0.2, -0.15) is 0 Å². The Hall–Kier alpha value is -0.610. The van der Waals surface area contributed by atoms with Crippen LogP contribution in [0, 0.1) is 5.92 Å². The topological polar surface area (TPSA) is 36.4 Å². The van der Waals surface area contributed by atoms with Crippen LogP contribution in [-0.2, 0) is 6.61 Å². The number of thiazole rings is 1. The average molecular weight is 200 g/mol. The molecule has 4 heteroatoms. The van der Waals surface area contributed by atoms with Crippen molar-refractivity contribution < 1.29 is 5.11 Å². The first-order valence-electron chi connectivity index (χ1n) is 4.40. The lowest BCUT2D eigenvalue weighted by molar-refractivity contribution is 0.285. The van der Waals surface area contributed by atoms with E-state index in [0.29, 0.717) is 5.92 Å². The summed E-state index contributed by atoms with van der Waals surface area (Å²) in [6.07, 6.45) is 1.73. The van der Waals surface area contributed by atoms with Gasteiger partial charge in [0.05, 0.1) is 11.5 Å². The van der Waals surface area contributed by atoms with Crippen LogP contribution in [0.1, 0.15) is 18.7 Å². The van der Waals surface area contributed by atoms with Crippen molar-refractivity contribution >= 4 is 16.5 Å². The van der Waals surface area contributed by atoms with Gasteiger partial charge in [0.1, 0.15) is 0 Å². The minimum Gasteiger partial charge on any atom is -0.391 e. The van der Waals surface area contributed by atoms with Crippen LogP contribution in [0.2, 0.25) is 0 Å². The highest BCUT2D eigenvalue weighted by Crippen LogP contribution is 2.21. The third-order valence-electron chi connectivity index (χ3n) is 1.66. The third-order valence-corrected chi connectivity index (χ3v) is 2.76. The fourth-order valence-corrected chi connectivity index (χ4v) is 1.91. The summed E-state index contributed by atoms with van der Waals surface area (Å²) in [5.74, 6) is 0.631. The molecule has 0 spiro atoms. The van der Waals surface area contributed by atoms with E-state index >= 15 is 0 Å². The number of aromatic nitrogens is 1. The maximum absolute atomic E-state index is 8.87. The van der Waals surface area contributed by atoms with Crippen LogP contribution >= 0.6 is 11.3 Å². The van der Waals surface area contributed by atoms with Crippen LogP contribution in [0.15, 0.2) is 6.20 Å². The molecule has 1 aromatic heterocycles. The lowest BCUT2D eigenvalue weighted by atomic mass is 10.2. The minimum atomic E-state index is 0.0905. The minimum absolute atomic E-state index is 0.0905. The molecule has 0 radical (unpaired) electrons. The summed E-state index contributed by atoms with van der Waals surface area (Å²) >= 11 is 1.55. The van der Waals surface area contributed by atoms with E-state index < -0.39 is 0 Å². The summed E-state index contributed by atoms with van der Waals surface area (Å²) in [4.78, 5) is 7.27. The van der Waals surface area contributed by atoms with Crippen molar-refractivity contribution in [1.82, 2.24) is 4.98 Å². The summed E-state index contributed by atoms with van der Waals surface area (Å²) in [6, 6.07) is 0. The predicted octanol–water partition coefficient (Wildman–Crippen LogP) is 1.73. The van der Waals surface area contributed by atoms with Gasteiger partial charge in [-0.3, -0.25) is 0 Å². The zero-order valence-corrected chi connectivity index (χ0v) is 9.14. The maximum Gasteiger partial charge on any atom is 0.185 e. The van der Waals surface area contributed by atoms with E-state index in [-0.39, 0.29) is 6.61 Å². The Morgan fingerprint density at radius 1 is 1.62 bits per heavy atom. The van der Waals surface area contributed by atoms with Gasteiger partial charge in [0.25, 0.3) is 0 Å². The highest BCUT2D eigenvalue weighted by Gasteiger charge is 2.07. The molecule has 0 saturated carbocycles. The van der Waals surface area contributed by atoms with Crippen molar-refractivity contribution in [3.05, 3.63) is 11.1 Å². The quantitative estimate of drug-likeness (QED) is 0.804. The summed E-state index contributed by atoms with van der Waals surface area (Å²) in [5, 5.41) is 9.85. The molecule has 1 aromatic rings. The second kappa shape index (κ2) is 4.58. The molecule has 1 rings (SSSR count). The lowest BCUT2D eigenvalue weighted by Gasteiger charge is -2.17. The molecule has 0 unspecified atom stereocenters. The van der Waals surface area contributed by atoms with E-state index in [1.165, 1.54) is 0 Å². The monoisotopic (exact) mass is 200 g/mol. The highest BCUT2D eigenvalue weighted by molar-refractivity contribution is 7.15. The van der Waals surface area contributed by atoms with Crippen LogP contribution in [0.3, 0.4) is 0 Å². The van der Waals surface area contributed by atoms with Gasteiger partial charge in [0.15, 0.2) is 5.13 Å². The molecule has 0 bridgehead atoms. The van der Waals surface area contributed by atoms with Crippen LogP contribution < -0.4 is 4.90 Å². The number of aliphatic hydroxyl groups excluding tert-OH is 1. The largest absolute Gasteiger partial charge is 0.391 e. The van der Waals surface area contributed by atoms with Crippen molar-refractivity contribution in [2.45, 2.75) is 20.5 Å². The Kier molecular flexibility index (Phi) is 3.69. The number of anilines is 1. The van der Waals surface area contributed by atoms with Gasteiger partial charge in [-0.05, 0) is 5.92 Å². The summed E-state index contributed by atoms with van der Waals surface area (Å²) in [7, 11) is 2.03. The number of hydrogen-bond acceptors (Lipinski definition) is 4. The standard InChI is InChI=1S/C9H16N2OS/c1-7(2)5-11(3)9-10-4-8(6-12)13-9/h4,7,12H,5-6H2,1-3H3. The fraction of sp³-hybridized carbons (Fsp3) is 0.667. The zero-order chi connectivity index (χ0) is 9.84. The van der Waals surface area contributed by atoms with E-state index in [9.17, 15) is 0 Å². The van der Waals surface area contributed by atoms with Gasteiger partial charge in [-0.25, -0.2) is 4.98 Å². The molecule has 74 valence electrons. The predicted molar refractivity (Wildman–Crippen MR) is 56.1 cm³/mol. The molecule has 0 saturated heterocycles. The van der Waals surface area contributed by atoms with E-state index in [1.54, 1.807) is 17.5 Å². The average Bonchev–Trinajstić information content (AvgIpc) is 2.50. The first-order valence-corrected chi connectivity index (χ1v) is 5.22. The van der Waals surface area contributed by atoms with Crippen molar-refractivity contribution in [3.8, 4) is 0 Å². The van der Waals surface area contributed by atoms with E-state index in [2.05, 4.69) is 23.7 Å². The van der Waals surface area contributed by atoms with Crippen LogP contribution in [0.25, 0.3) is 0 Å². The fourth-order valence-electron chi connectivity index (χ4n) is 1.17. The molecule has 13 heavy (non-hydrogen) atoms. The second-order valence-corrected chi connectivity index (χ2v) is 4.64. The molecule has 0 aromatic carbocycles. The summed E-state index contributed by atoms with van der Waals surface area (Å²) in [5.41, 5.74) is 0. The molecule has 0 amide bonds. The van der Waals surface area contributed by atoms with E-state index in [4.69, 9.17) is 5.11 Å². The van der Waals surface area contributed by atoms with Gasteiger partial charge < -0.3 is 10.0 Å². The molecular formula is C9H16N2OS.